The second kappa shape index (κ2) is 8.82. The topological polar surface area (TPSA) is 179 Å². The van der Waals surface area contributed by atoms with Crippen molar-refractivity contribution in [2.24, 2.45) is 5.73 Å². The smallest absolute Gasteiger partial charge is 0.322 e. The largest absolute Gasteiger partial charge is 0.481 e. The zero-order chi connectivity index (χ0) is 18.3. The van der Waals surface area contributed by atoms with Crippen molar-refractivity contribution in [3.63, 3.8) is 0 Å². The number of hydrogen-bond acceptors (Lipinski definition) is 6. The molecule has 24 heavy (non-hydrogen) atoms. The predicted octanol–water partition coefficient (Wildman–Crippen LogP) is -2.90. The molecule has 0 bridgehead atoms. The highest BCUT2D eigenvalue weighted by Gasteiger charge is 2.35. The maximum absolute atomic E-state index is 12.3. The Kier molecular flexibility index (Phi) is 7.11. The van der Waals surface area contributed by atoms with Gasteiger partial charge in [0, 0.05) is 6.54 Å². The maximum Gasteiger partial charge on any atom is 0.322 e. The molecule has 0 aromatic carbocycles. The molecule has 2 atom stereocenters. The van der Waals surface area contributed by atoms with Crippen molar-refractivity contribution in [2.45, 2.75) is 31.3 Å². The molecule has 0 saturated carbocycles. The standard InChI is InChI=1S/C13H20N4O7/c14-5-9(18)17-3-1-2-8(17)13(24)16-7(4-10(19)20)12(23)15-6-11(21)22/h7-8H,1-6,14H2,(H,15,23)(H,16,24)(H,19,20)(H,21,22). The van der Waals surface area contributed by atoms with Gasteiger partial charge in [-0.15, -0.1) is 0 Å². The van der Waals surface area contributed by atoms with Crippen molar-refractivity contribution in [1.29, 1.82) is 0 Å². The molecular formula is C13H20N4O7. The van der Waals surface area contributed by atoms with Crippen LogP contribution in [0.3, 0.4) is 0 Å². The average molecular weight is 344 g/mol. The van der Waals surface area contributed by atoms with Crippen molar-refractivity contribution in [3.05, 3.63) is 0 Å². The highest BCUT2D eigenvalue weighted by atomic mass is 16.4. The van der Waals surface area contributed by atoms with Gasteiger partial charge in [0.25, 0.3) is 0 Å². The number of carbonyl (C=O) groups excluding carboxylic acids is 3. The molecule has 2 unspecified atom stereocenters. The lowest BCUT2D eigenvalue weighted by molar-refractivity contribution is -0.143. The van der Waals surface area contributed by atoms with Gasteiger partial charge in [-0.05, 0) is 12.8 Å². The summed E-state index contributed by atoms with van der Waals surface area (Å²) in [6, 6.07) is -2.27. The van der Waals surface area contributed by atoms with Crippen LogP contribution in [0, 0.1) is 0 Å². The summed E-state index contributed by atoms with van der Waals surface area (Å²) in [5.41, 5.74) is 5.28. The molecule has 1 rings (SSSR count). The van der Waals surface area contributed by atoms with Gasteiger partial charge >= 0.3 is 11.9 Å². The number of nitrogens with two attached hydrogens (primary N) is 1. The van der Waals surface area contributed by atoms with Crippen molar-refractivity contribution in [2.75, 3.05) is 19.6 Å². The third kappa shape index (κ3) is 5.50. The fourth-order valence-corrected chi connectivity index (χ4v) is 2.39. The van der Waals surface area contributed by atoms with Crippen LogP contribution in [0.4, 0.5) is 0 Å². The van der Waals surface area contributed by atoms with E-state index in [2.05, 4.69) is 5.32 Å². The van der Waals surface area contributed by atoms with Crippen LogP contribution in [-0.4, -0.2) is 76.5 Å². The fraction of sp³-hybridized carbons (Fsp3) is 0.615. The molecule has 134 valence electrons. The first-order valence-electron chi connectivity index (χ1n) is 7.27. The number of carboxylic acids is 2. The van der Waals surface area contributed by atoms with E-state index < -0.39 is 54.7 Å². The van der Waals surface area contributed by atoms with E-state index >= 15 is 0 Å². The van der Waals surface area contributed by atoms with Gasteiger partial charge in [-0.25, -0.2) is 0 Å². The van der Waals surface area contributed by atoms with Crippen LogP contribution in [-0.2, 0) is 24.0 Å². The molecule has 3 amide bonds. The summed E-state index contributed by atoms with van der Waals surface area (Å²) < 4.78 is 0. The number of likely N-dealkylation sites (tertiary alicyclic amines) is 1. The molecule has 6 N–H and O–H groups in total. The molecule has 1 fully saturated rings. The Morgan fingerprint density at radius 2 is 1.83 bits per heavy atom. The molecule has 0 aliphatic carbocycles. The van der Waals surface area contributed by atoms with Crippen LogP contribution < -0.4 is 16.4 Å². The summed E-state index contributed by atoms with van der Waals surface area (Å²) in [5.74, 6) is -4.67. The van der Waals surface area contributed by atoms with Crippen LogP contribution in [0.25, 0.3) is 0 Å². The molecule has 1 aliphatic rings. The van der Waals surface area contributed by atoms with Crippen molar-refractivity contribution in [3.8, 4) is 0 Å². The van der Waals surface area contributed by atoms with Crippen molar-refractivity contribution < 1.29 is 34.2 Å². The van der Waals surface area contributed by atoms with E-state index in [9.17, 15) is 24.0 Å². The predicted molar refractivity (Wildman–Crippen MR) is 78.6 cm³/mol. The summed E-state index contributed by atoms with van der Waals surface area (Å²) in [6.07, 6.45) is 0.238. The van der Waals surface area contributed by atoms with E-state index in [1.165, 1.54) is 4.90 Å². The van der Waals surface area contributed by atoms with E-state index in [0.717, 1.165) is 0 Å². The Morgan fingerprint density at radius 1 is 1.17 bits per heavy atom. The van der Waals surface area contributed by atoms with Crippen molar-refractivity contribution >= 4 is 29.7 Å². The number of amides is 3. The first kappa shape index (κ1) is 19.4. The quantitative estimate of drug-likeness (QED) is 0.311. The lowest BCUT2D eigenvalue weighted by Crippen LogP contribution is -2.54. The Balaban J connectivity index is 2.75. The molecule has 11 nitrogen and oxygen atoms in total. The number of carboxylic acid groups (broad SMARTS) is 2. The van der Waals surface area contributed by atoms with Crippen LogP contribution in [0.2, 0.25) is 0 Å². The Bertz CT molecular complexity index is 536. The zero-order valence-corrected chi connectivity index (χ0v) is 12.9. The number of nitrogens with zero attached hydrogens (tertiary/aromatic N) is 1. The Labute approximate surface area is 137 Å². The van der Waals surface area contributed by atoms with Gasteiger partial charge in [-0.1, -0.05) is 0 Å². The number of nitrogens with one attached hydrogen (secondary N) is 2. The monoisotopic (exact) mass is 344 g/mol. The van der Waals surface area contributed by atoms with Crippen LogP contribution >= 0.6 is 0 Å². The number of carbonyl (C=O) groups is 5. The minimum absolute atomic E-state index is 0.262. The minimum Gasteiger partial charge on any atom is -0.481 e. The lowest BCUT2D eigenvalue weighted by Gasteiger charge is -2.25. The fourth-order valence-electron chi connectivity index (χ4n) is 2.39. The molecule has 1 saturated heterocycles. The SMILES string of the molecule is NCC(=O)N1CCCC1C(=O)NC(CC(=O)O)C(=O)NCC(=O)O. The number of rotatable bonds is 8. The summed E-state index contributed by atoms with van der Waals surface area (Å²) >= 11 is 0. The van der Waals surface area contributed by atoms with Gasteiger partial charge in [0.05, 0.1) is 13.0 Å². The van der Waals surface area contributed by atoms with Gasteiger partial charge in [-0.3, -0.25) is 24.0 Å². The Hall–Kier alpha value is -2.69. The van der Waals surface area contributed by atoms with E-state index in [1.54, 1.807) is 0 Å². The molecular weight excluding hydrogens is 324 g/mol. The summed E-state index contributed by atoms with van der Waals surface area (Å²) in [7, 11) is 0. The summed E-state index contributed by atoms with van der Waals surface area (Å²) in [6.45, 7) is -0.615. The van der Waals surface area contributed by atoms with Crippen LogP contribution in [0.5, 0.6) is 0 Å². The van der Waals surface area contributed by atoms with Crippen LogP contribution in [0.15, 0.2) is 0 Å². The second-order valence-corrected chi connectivity index (χ2v) is 5.22. The highest BCUT2D eigenvalue weighted by Crippen LogP contribution is 2.17. The van der Waals surface area contributed by atoms with E-state index in [4.69, 9.17) is 15.9 Å². The van der Waals surface area contributed by atoms with Gasteiger partial charge in [0.2, 0.25) is 17.7 Å². The molecule has 0 radical (unpaired) electrons. The zero-order valence-electron chi connectivity index (χ0n) is 12.9. The second-order valence-electron chi connectivity index (χ2n) is 5.22. The first-order chi connectivity index (χ1) is 11.3. The normalized spacial score (nSPS) is 17.9. The van der Waals surface area contributed by atoms with E-state index in [0.29, 0.717) is 19.4 Å². The average Bonchev–Trinajstić information content (AvgIpc) is 3.00. The van der Waals surface area contributed by atoms with Gasteiger partial charge in [0.1, 0.15) is 18.6 Å². The number of hydrogen-bond donors (Lipinski definition) is 5. The molecule has 0 spiro atoms. The third-order valence-corrected chi connectivity index (χ3v) is 3.48. The van der Waals surface area contributed by atoms with Gasteiger partial charge in [-0.2, -0.15) is 0 Å². The van der Waals surface area contributed by atoms with E-state index in [1.807, 2.05) is 5.32 Å². The lowest BCUT2D eigenvalue weighted by atomic mass is 10.1. The van der Waals surface area contributed by atoms with Gasteiger partial charge < -0.3 is 31.5 Å². The number of aliphatic carboxylic acids is 2. The summed E-state index contributed by atoms with van der Waals surface area (Å²) in [5, 5.41) is 21.6. The minimum atomic E-state index is -1.44. The van der Waals surface area contributed by atoms with Crippen molar-refractivity contribution in [1.82, 2.24) is 15.5 Å². The van der Waals surface area contributed by atoms with Gasteiger partial charge in [0.15, 0.2) is 0 Å². The molecule has 0 aromatic rings. The first-order valence-corrected chi connectivity index (χ1v) is 7.27. The molecule has 0 aromatic heterocycles. The molecule has 11 heteroatoms. The molecule has 1 aliphatic heterocycles. The maximum atomic E-state index is 12.3. The van der Waals surface area contributed by atoms with Crippen LogP contribution in [0.1, 0.15) is 19.3 Å². The summed E-state index contributed by atoms with van der Waals surface area (Å²) in [4.78, 5) is 58.4. The third-order valence-electron chi connectivity index (χ3n) is 3.48. The highest BCUT2D eigenvalue weighted by molar-refractivity contribution is 5.95. The Morgan fingerprint density at radius 3 is 2.38 bits per heavy atom. The van der Waals surface area contributed by atoms with E-state index in [-0.39, 0.29) is 6.54 Å². The molecule has 1 heterocycles.